The number of amides is 2. The number of nitrogens with one attached hydrogen (secondary N) is 3. The molecule has 0 spiro atoms. The van der Waals surface area contributed by atoms with Crippen LogP contribution in [0.15, 0.2) is 76.6 Å². The summed E-state index contributed by atoms with van der Waals surface area (Å²) in [4.78, 5) is 30.3. The Hall–Kier alpha value is -3.60. The normalized spacial score (nSPS) is 16.7. The largest absolute Gasteiger partial charge is 0.368 e. The Labute approximate surface area is 236 Å². The number of carbonyl (C=O) groups excluding carboxylic acids is 2. The summed E-state index contributed by atoms with van der Waals surface area (Å²) in [5, 5.41) is 9.00. The fraction of sp³-hybridized carbons (Fsp3) is 0.222. The number of hydrogen-bond acceptors (Lipinski definition) is 6. The first-order chi connectivity index (χ1) is 18.7. The van der Waals surface area contributed by atoms with E-state index in [4.69, 9.17) is 23.2 Å². The van der Waals surface area contributed by atoms with Crippen LogP contribution in [0.4, 0.5) is 11.4 Å². The molecule has 2 aliphatic rings. The molecule has 3 N–H and O–H groups in total. The number of amidine groups is 1. The van der Waals surface area contributed by atoms with Gasteiger partial charge in [-0.2, -0.15) is 0 Å². The lowest BCUT2D eigenvalue weighted by atomic mass is 10.1. The van der Waals surface area contributed by atoms with Crippen molar-refractivity contribution in [3.63, 3.8) is 0 Å². The standard InChI is InChI=1S/C27H25Cl2N5O4S/c28-20-10-9-19(15-21(20)29)39(37,38)34-23-4-2-1-3-22(23)33-27(36)24(34)16-25(35)30-12-11-17-5-7-18(8-6-17)26-31-13-14-32-26/h1-10,15,24H,11-14,16H2,(H,30,35)(H,31,32)(H,33,36)/t24-/m0/s1. The third-order valence-electron chi connectivity index (χ3n) is 6.45. The Balaban J connectivity index is 1.31. The zero-order valence-electron chi connectivity index (χ0n) is 20.7. The number of nitrogens with zero attached hydrogens (tertiary/aromatic N) is 2. The van der Waals surface area contributed by atoms with Crippen molar-refractivity contribution in [3.8, 4) is 0 Å². The summed E-state index contributed by atoms with van der Waals surface area (Å²) in [6, 6.07) is 17.0. The quantitative estimate of drug-likeness (QED) is 0.373. The zero-order chi connectivity index (χ0) is 27.6. The molecule has 0 bridgehead atoms. The summed E-state index contributed by atoms with van der Waals surface area (Å²) >= 11 is 12.1. The lowest BCUT2D eigenvalue weighted by Gasteiger charge is -2.36. The number of aliphatic imine (C=N–C) groups is 1. The molecular formula is C27H25Cl2N5O4S. The maximum absolute atomic E-state index is 13.8. The van der Waals surface area contributed by atoms with Gasteiger partial charge in [-0.05, 0) is 42.3 Å². The topological polar surface area (TPSA) is 120 Å². The predicted molar refractivity (Wildman–Crippen MR) is 152 cm³/mol. The van der Waals surface area contributed by atoms with Crippen molar-refractivity contribution in [2.24, 2.45) is 4.99 Å². The molecule has 3 aromatic rings. The third kappa shape index (κ3) is 5.73. The molecule has 2 amide bonds. The van der Waals surface area contributed by atoms with Gasteiger partial charge >= 0.3 is 0 Å². The number of fused-ring (bicyclic) bond motifs is 1. The second kappa shape index (κ2) is 11.3. The number of benzene rings is 3. The van der Waals surface area contributed by atoms with E-state index in [9.17, 15) is 18.0 Å². The molecule has 12 heteroatoms. The molecule has 0 unspecified atom stereocenters. The average Bonchev–Trinajstić information content (AvgIpc) is 3.46. The lowest BCUT2D eigenvalue weighted by molar-refractivity contribution is -0.125. The van der Waals surface area contributed by atoms with Crippen molar-refractivity contribution in [1.29, 1.82) is 0 Å². The van der Waals surface area contributed by atoms with E-state index in [0.717, 1.165) is 34.4 Å². The molecule has 0 saturated carbocycles. The summed E-state index contributed by atoms with van der Waals surface area (Å²) in [6.45, 7) is 1.92. The highest BCUT2D eigenvalue weighted by atomic mass is 35.5. The maximum atomic E-state index is 13.8. The zero-order valence-corrected chi connectivity index (χ0v) is 23.0. The SMILES string of the molecule is O=C(C[C@H]1C(=O)Nc2ccccc2N1S(=O)(=O)c1ccc(Cl)c(Cl)c1)NCCc1ccc(C2=NCCN2)cc1. The van der Waals surface area contributed by atoms with E-state index in [1.54, 1.807) is 24.3 Å². The van der Waals surface area contributed by atoms with Crippen LogP contribution in [0.2, 0.25) is 10.0 Å². The van der Waals surface area contributed by atoms with Gasteiger partial charge in [0.25, 0.3) is 10.0 Å². The Bertz CT molecular complexity index is 1560. The molecule has 0 radical (unpaired) electrons. The molecule has 3 aromatic carbocycles. The van der Waals surface area contributed by atoms with Crippen LogP contribution < -0.4 is 20.3 Å². The molecule has 1 atom stereocenters. The van der Waals surface area contributed by atoms with Crippen LogP contribution in [0, 0.1) is 0 Å². The van der Waals surface area contributed by atoms with Gasteiger partial charge in [-0.3, -0.25) is 18.9 Å². The lowest BCUT2D eigenvalue weighted by Crippen LogP contribution is -2.52. The van der Waals surface area contributed by atoms with Crippen LogP contribution in [0.3, 0.4) is 0 Å². The first kappa shape index (κ1) is 27.0. The fourth-order valence-corrected chi connectivity index (χ4v) is 6.52. The van der Waals surface area contributed by atoms with Crippen molar-refractivity contribution in [1.82, 2.24) is 10.6 Å². The van der Waals surface area contributed by atoms with Gasteiger partial charge in [-0.1, -0.05) is 59.6 Å². The first-order valence-electron chi connectivity index (χ1n) is 12.3. The summed E-state index contributed by atoms with van der Waals surface area (Å²) in [6.07, 6.45) is 0.196. The Kier molecular flexibility index (Phi) is 7.79. The van der Waals surface area contributed by atoms with Gasteiger partial charge in [0.05, 0.1) is 39.3 Å². The Morgan fingerprint density at radius 1 is 1.05 bits per heavy atom. The van der Waals surface area contributed by atoms with Crippen molar-refractivity contribution >= 4 is 62.2 Å². The van der Waals surface area contributed by atoms with Crippen LogP contribution in [-0.4, -0.2) is 51.7 Å². The van der Waals surface area contributed by atoms with E-state index in [1.165, 1.54) is 18.2 Å². The van der Waals surface area contributed by atoms with Gasteiger partial charge in [0.15, 0.2) is 0 Å². The highest BCUT2D eigenvalue weighted by Gasteiger charge is 2.42. The Morgan fingerprint density at radius 3 is 2.54 bits per heavy atom. The second-order valence-electron chi connectivity index (χ2n) is 9.06. The number of halogens is 2. The molecule has 202 valence electrons. The minimum Gasteiger partial charge on any atom is -0.368 e. The number of anilines is 2. The summed E-state index contributed by atoms with van der Waals surface area (Å²) in [5.74, 6) is -0.181. The minimum atomic E-state index is -4.28. The number of sulfonamides is 1. The molecule has 2 aliphatic heterocycles. The van der Waals surface area contributed by atoms with Gasteiger partial charge in [0.1, 0.15) is 11.9 Å². The number of carbonyl (C=O) groups is 2. The van der Waals surface area contributed by atoms with Gasteiger partial charge in [0.2, 0.25) is 11.8 Å². The highest BCUT2D eigenvalue weighted by Crippen LogP contribution is 2.38. The van der Waals surface area contributed by atoms with Crippen molar-refractivity contribution in [2.75, 3.05) is 29.3 Å². The van der Waals surface area contributed by atoms with Crippen molar-refractivity contribution < 1.29 is 18.0 Å². The molecule has 0 saturated heterocycles. The van der Waals surface area contributed by atoms with E-state index < -0.39 is 27.9 Å². The molecule has 39 heavy (non-hydrogen) atoms. The minimum absolute atomic E-state index is 0.0577. The third-order valence-corrected chi connectivity index (χ3v) is 9.01. The summed E-state index contributed by atoms with van der Waals surface area (Å²) in [5.41, 5.74) is 2.60. The predicted octanol–water partition coefficient (Wildman–Crippen LogP) is 3.61. The van der Waals surface area contributed by atoms with Gasteiger partial charge in [-0.25, -0.2) is 8.42 Å². The van der Waals surface area contributed by atoms with Crippen LogP contribution in [0.5, 0.6) is 0 Å². The van der Waals surface area contributed by atoms with E-state index >= 15 is 0 Å². The summed E-state index contributed by atoms with van der Waals surface area (Å²) < 4.78 is 28.5. The second-order valence-corrected chi connectivity index (χ2v) is 11.7. The smallest absolute Gasteiger partial charge is 0.265 e. The molecule has 5 rings (SSSR count). The molecule has 0 aromatic heterocycles. The van der Waals surface area contributed by atoms with Crippen LogP contribution in [0.1, 0.15) is 17.5 Å². The Morgan fingerprint density at radius 2 is 1.82 bits per heavy atom. The van der Waals surface area contributed by atoms with Gasteiger partial charge < -0.3 is 16.0 Å². The van der Waals surface area contributed by atoms with Gasteiger partial charge in [-0.15, -0.1) is 0 Å². The van der Waals surface area contributed by atoms with Crippen LogP contribution in [0.25, 0.3) is 0 Å². The molecular weight excluding hydrogens is 561 g/mol. The molecule has 0 aliphatic carbocycles. The average molecular weight is 587 g/mol. The highest BCUT2D eigenvalue weighted by molar-refractivity contribution is 7.93. The van der Waals surface area contributed by atoms with E-state index in [-0.39, 0.29) is 27.0 Å². The van der Waals surface area contributed by atoms with E-state index in [2.05, 4.69) is 20.9 Å². The molecule has 2 heterocycles. The molecule has 0 fully saturated rings. The fourth-order valence-electron chi connectivity index (χ4n) is 4.50. The summed E-state index contributed by atoms with van der Waals surface area (Å²) in [7, 11) is -4.28. The van der Waals surface area contributed by atoms with E-state index in [1.807, 2.05) is 24.3 Å². The van der Waals surface area contributed by atoms with Crippen LogP contribution in [-0.2, 0) is 26.0 Å². The van der Waals surface area contributed by atoms with Crippen molar-refractivity contribution in [2.45, 2.75) is 23.8 Å². The van der Waals surface area contributed by atoms with Crippen molar-refractivity contribution in [3.05, 3.63) is 87.9 Å². The van der Waals surface area contributed by atoms with E-state index in [0.29, 0.717) is 18.7 Å². The number of para-hydroxylation sites is 2. The first-order valence-corrected chi connectivity index (χ1v) is 14.5. The monoisotopic (exact) mass is 585 g/mol. The number of hydrogen-bond donors (Lipinski definition) is 3. The molecule has 9 nitrogen and oxygen atoms in total. The van der Waals surface area contributed by atoms with Gasteiger partial charge in [0, 0.05) is 18.7 Å². The maximum Gasteiger partial charge on any atom is 0.265 e. The van der Waals surface area contributed by atoms with Crippen LogP contribution >= 0.6 is 23.2 Å². The number of rotatable bonds is 8.